The van der Waals surface area contributed by atoms with Crippen LogP contribution in [0.1, 0.15) is 73.6 Å². The number of fused-ring (bicyclic) bond motifs is 1. The van der Waals surface area contributed by atoms with Crippen LogP contribution in [0, 0.1) is 5.92 Å². The van der Waals surface area contributed by atoms with Crippen molar-refractivity contribution in [2.45, 2.75) is 78.8 Å². The second-order valence-electron chi connectivity index (χ2n) is 6.80. The number of nitrogens with zero attached hydrogens (tertiary/aromatic N) is 3. The van der Waals surface area contributed by atoms with E-state index in [1.54, 1.807) is 18.8 Å². The Hall–Kier alpha value is -1.50. The topological polar surface area (TPSA) is 72.7 Å². The summed E-state index contributed by atoms with van der Waals surface area (Å²) in [6.45, 7) is 13.0. The molecule has 0 aliphatic rings. The van der Waals surface area contributed by atoms with Gasteiger partial charge in [0.25, 0.3) is 5.56 Å². The van der Waals surface area contributed by atoms with Crippen LogP contribution in [0.2, 0.25) is 0 Å². The summed E-state index contributed by atoms with van der Waals surface area (Å²) in [6, 6.07) is 0. The highest BCUT2D eigenvalue weighted by atomic mass is 32.2. The summed E-state index contributed by atoms with van der Waals surface area (Å²) < 4.78 is 2.49. The third kappa shape index (κ3) is 7.95. The third-order valence-corrected chi connectivity index (χ3v) is 5.03. The quantitative estimate of drug-likeness (QED) is 0.715. The number of hydrogen-bond donors (Lipinski definition) is 1. The fraction of sp³-hybridized carbons (Fsp3) is 0.750. The number of imidazole rings is 1. The molecular formula is C20H38N4O2S. The van der Waals surface area contributed by atoms with Crippen LogP contribution in [0.3, 0.4) is 0 Å². The van der Waals surface area contributed by atoms with Crippen molar-refractivity contribution in [3.05, 3.63) is 20.8 Å². The van der Waals surface area contributed by atoms with Gasteiger partial charge in [-0.25, -0.2) is 9.78 Å². The smallest absolute Gasteiger partial charge is 0.327 e. The highest BCUT2D eigenvalue weighted by molar-refractivity contribution is 7.99. The maximum Gasteiger partial charge on any atom is 0.332 e. The molecule has 0 aliphatic heterocycles. The summed E-state index contributed by atoms with van der Waals surface area (Å²) in [5.41, 5.74) is 0.124. The van der Waals surface area contributed by atoms with Crippen LogP contribution in [0.15, 0.2) is 14.7 Å². The van der Waals surface area contributed by atoms with E-state index in [0.717, 1.165) is 23.2 Å². The predicted octanol–water partition coefficient (Wildman–Crippen LogP) is 4.71. The van der Waals surface area contributed by atoms with Crippen LogP contribution in [-0.2, 0) is 14.1 Å². The Morgan fingerprint density at radius 3 is 2.07 bits per heavy atom. The van der Waals surface area contributed by atoms with E-state index in [9.17, 15) is 9.59 Å². The summed E-state index contributed by atoms with van der Waals surface area (Å²) in [5.74, 6) is 1.63. The van der Waals surface area contributed by atoms with Crippen molar-refractivity contribution in [3.8, 4) is 0 Å². The van der Waals surface area contributed by atoms with Gasteiger partial charge in [-0.3, -0.25) is 13.9 Å². The van der Waals surface area contributed by atoms with E-state index in [2.05, 4.69) is 51.5 Å². The number of rotatable bonds is 6. The molecule has 2 rings (SSSR count). The first-order valence-electron chi connectivity index (χ1n) is 10.1. The van der Waals surface area contributed by atoms with Crippen molar-refractivity contribution >= 4 is 22.9 Å². The number of hydrogen-bond acceptors (Lipinski definition) is 4. The Balaban J connectivity index is 0.000000836. The first kappa shape index (κ1) is 25.5. The normalized spacial score (nSPS) is 11.4. The number of nitrogens with one attached hydrogen (secondary N) is 1. The summed E-state index contributed by atoms with van der Waals surface area (Å²) in [5, 5.41) is 0.696. The van der Waals surface area contributed by atoms with Crippen LogP contribution in [0.25, 0.3) is 11.2 Å². The zero-order valence-corrected chi connectivity index (χ0v) is 19.2. The van der Waals surface area contributed by atoms with E-state index >= 15 is 0 Å². The second kappa shape index (κ2) is 13.6. The second-order valence-corrected chi connectivity index (χ2v) is 7.89. The number of aromatic nitrogens is 4. The predicted molar refractivity (Wildman–Crippen MR) is 118 cm³/mol. The number of aryl methyl sites for hydroxylation is 1. The standard InChI is InChI=1S/C13H20N4O2S.C4H10.C3H8/c1-5-8(2)6-7-20-12-14-9-10(15-12)16(3)13(19)17(4)11(9)18;1-3-4-2;1-3-2/h8H,5-7H2,1-4H3,(H,14,15);3-4H2,1-2H3;3H2,1-2H3. The van der Waals surface area contributed by atoms with E-state index in [1.165, 1.54) is 30.9 Å². The molecule has 0 aromatic carbocycles. The van der Waals surface area contributed by atoms with Crippen molar-refractivity contribution < 1.29 is 0 Å². The minimum Gasteiger partial charge on any atom is -0.327 e. The average Bonchev–Trinajstić information content (AvgIpc) is 3.09. The van der Waals surface area contributed by atoms with E-state index < -0.39 is 0 Å². The molecule has 0 amide bonds. The van der Waals surface area contributed by atoms with Gasteiger partial charge in [-0.1, -0.05) is 79.0 Å². The molecule has 2 heterocycles. The van der Waals surface area contributed by atoms with Gasteiger partial charge in [-0.15, -0.1) is 0 Å². The Morgan fingerprint density at radius 1 is 1.04 bits per heavy atom. The van der Waals surface area contributed by atoms with Gasteiger partial charge in [0.2, 0.25) is 0 Å². The molecule has 6 nitrogen and oxygen atoms in total. The van der Waals surface area contributed by atoms with Gasteiger partial charge in [0.1, 0.15) is 0 Å². The van der Waals surface area contributed by atoms with E-state index in [4.69, 9.17) is 0 Å². The third-order valence-electron chi connectivity index (χ3n) is 4.12. The first-order valence-corrected chi connectivity index (χ1v) is 11.1. The van der Waals surface area contributed by atoms with Gasteiger partial charge in [0.05, 0.1) is 0 Å². The van der Waals surface area contributed by atoms with Gasteiger partial charge in [-0.05, 0) is 12.3 Å². The fourth-order valence-electron chi connectivity index (χ4n) is 1.93. The minimum absolute atomic E-state index is 0.329. The maximum atomic E-state index is 12.0. The van der Waals surface area contributed by atoms with Crippen LogP contribution >= 0.6 is 11.8 Å². The highest BCUT2D eigenvalue weighted by Gasteiger charge is 2.13. The molecule has 0 bridgehead atoms. The van der Waals surface area contributed by atoms with Gasteiger partial charge < -0.3 is 4.98 Å². The van der Waals surface area contributed by atoms with Crippen molar-refractivity contribution in [1.82, 2.24) is 19.1 Å². The number of thioether (sulfide) groups is 1. The molecule has 0 spiro atoms. The van der Waals surface area contributed by atoms with Crippen LogP contribution in [0.4, 0.5) is 0 Å². The Morgan fingerprint density at radius 2 is 1.59 bits per heavy atom. The molecule has 0 saturated carbocycles. The van der Waals surface area contributed by atoms with Crippen molar-refractivity contribution in [2.75, 3.05) is 5.75 Å². The van der Waals surface area contributed by atoms with Crippen LogP contribution < -0.4 is 11.2 Å². The molecule has 156 valence electrons. The van der Waals surface area contributed by atoms with Gasteiger partial charge >= 0.3 is 5.69 Å². The monoisotopic (exact) mass is 398 g/mol. The summed E-state index contributed by atoms with van der Waals surface area (Å²) in [7, 11) is 3.10. The van der Waals surface area contributed by atoms with E-state index in [0.29, 0.717) is 22.2 Å². The van der Waals surface area contributed by atoms with Crippen molar-refractivity contribution in [1.29, 1.82) is 0 Å². The van der Waals surface area contributed by atoms with Crippen molar-refractivity contribution in [3.63, 3.8) is 0 Å². The lowest BCUT2D eigenvalue weighted by molar-refractivity contribution is 0.548. The van der Waals surface area contributed by atoms with Gasteiger partial charge in [0.15, 0.2) is 16.3 Å². The summed E-state index contributed by atoms with van der Waals surface area (Å²) >= 11 is 1.59. The molecule has 1 N–H and O–H groups in total. The number of H-pyrrole nitrogens is 1. The molecule has 27 heavy (non-hydrogen) atoms. The minimum atomic E-state index is -0.356. The highest BCUT2D eigenvalue weighted by Crippen LogP contribution is 2.20. The first-order chi connectivity index (χ1) is 12.8. The Kier molecular flexibility index (Phi) is 12.9. The Labute approximate surface area is 167 Å². The SMILES string of the molecule is CCC.CCC(C)CCSc1nc2c([nH]1)c(=O)n(C)c(=O)n2C.CCCC. The zero-order valence-electron chi connectivity index (χ0n) is 18.4. The largest absolute Gasteiger partial charge is 0.332 e. The molecule has 0 fully saturated rings. The molecule has 0 aliphatic carbocycles. The lowest BCUT2D eigenvalue weighted by atomic mass is 10.1. The van der Waals surface area contributed by atoms with Gasteiger partial charge in [0, 0.05) is 19.8 Å². The van der Waals surface area contributed by atoms with E-state index in [-0.39, 0.29) is 11.2 Å². The van der Waals surface area contributed by atoms with Gasteiger partial charge in [-0.2, -0.15) is 0 Å². The maximum absolute atomic E-state index is 12.0. The Bertz CT molecular complexity index is 775. The van der Waals surface area contributed by atoms with E-state index in [1.807, 2.05) is 0 Å². The number of unbranched alkanes of at least 4 members (excludes halogenated alkanes) is 1. The number of aromatic amines is 1. The fourth-order valence-corrected chi connectivity index (χ4v) is 2.97. The lowest BCUT2D eigenvalue weighted by Crippen LogP contribution is -2.36. The molecule has 1 unspecified atom stereocenters. The molecule has 7 heteroatoms. The molecule has 2 aromatic rings. The summed E-state index contributed by atoms with van der Waals surface area (Å²) in [4.78, 5) is 31.2. The lowest BCUT2D eigenvalue weighted by Gasteiger charge is -2.05. The van der Waals surface area contributed by atoms with Crippen molar-refractivity contribution in [2.24, 2.45) is 20.0 Å². The molecule has 0 radical (unpaired) electrons. The molecular weight excluding hydrogens is 360 g/mol. The molecule has 1 atom stereocenters. The van der Waals surface area contributed by atoms with Crippen LogP contribution in [-0.4, -0.2) is 24.9 Å². The van der Waals surface area contributed by atoms with Crippen LogP contribution in [0.5, 0.6) is 0 Å². The summed E-state index contributed by atoms with van der Waals surface area (Å²) in [6.07, 6.45) is 6.16. The molecule has 0 saturated heterocycles. The molecule has 2 aromatic heterocycles. The average molecular weight is 399 g/mol. The zero-order chi connectivity index (χ0) is 21.0.